The number of aliphatic carboxylic acids is 1. The van der Waals surface area contributed by atoms with Crippen LogP contribution in [0.2, 0.25) is 0 Å². The minimum Gasteiger partial charge on any atom is -0.508 e. The quantitative estimate of drug-likeness (QED) is 0.542. The Morgan fingerprint density at radius 3 is 2.56 bits per heavy atom. The standard InChI is InChI=1S/C11H10BrNO5/c12-9-8-5(2-1-3-7(8)14)4-6(10(15)16)13(9)11(17)18/h1-3,6,9,14H,4H2,(H,15,16)(H,17,18). The number of carboxylic acid groups (broad SMARTS) is 2. The Kier molecular flexibility index (Phi) is 3.16. The van der Waals surface area contributed by atoms with Crippen LogP contribution in [0.15, 0.2) is 18.2 Å². The minimum absolute atomic E-state index is 0.0352. The third-order valence-electron chi connectivity index (χ3n) is 2.91. The Labute approximate surface area is 111 Å². The zero-order valence-electron chi connectivity index (χ0n) is 9.08. The molecule has 2 rings (SSSR count). The van der Waals surface area contributed by atoms with Crippen LogP contribution in [0.3, 0.4) is 0 Å². The van der Waals surface area contributed by atoms with Crippen LogP contribution >= 0.6 is 15.9 Å². The first-order valence-corrected chi connectivity index (χ1v) is 6.04. The smallest absolute Gasteiger partial charge is 0.409 e. The molecule has 1 aromatic rings. The number of carbonyl (C=O) groups is 2. The molecule has 1 amide bonds. The fourth-order valence-electron chi connectivity index (χ4n) is 2.09. The van der Waals surface area contributed by atoms with E-state index in [-0.39, 0.29) is 12.2 Å². The Morgan fingerprint density at radius 2 is 2.00 bits per heavy atom. The molecule has 0 saturated heterocycles. The summed E-state index contributed by atoms with van der Waals surface area (Å²) >= 11 is 3.14. The molecule has 1 aliphatic heterocycles. The summed E-state index contributed by atoms with van der Waals surface area (Å²) in [5.41, 5.74) is 1.03. The summed E-state index contributed by atoms with van der Waals surface area (Å²) in [4.78, 5) is 22.2. The van der Waals surface area contributed by atoms with E-state index in [1.54, 1.807) is 12.1 Å². The zero-order chi connectivity index (χ0) is 13.4. The Hall–Kier alpha value is -1.76. The maximum absolute atomic E-state index is 11.2. The van der Waals surface area contributed by atoms with E-state index >= 15 is 0 Å². The highest BCUT2D eigenvalue weighted by Gasteiger charge is 2.41. The molecule has 1 aliphatic rings. The van der Waals surface area contributed by atoms with Gasteiger partial charge >= 0.3 is 12.1 Å². The molecule has 1 heterocycles. The highest BCUT2D eigenvalue weighted by Crippen LogP contribution is 2.41. The van der Waals surface area contributed by atoms with Crippen molar-refractivity contribution >= 4 is 28.0 Å². The third kappa shape index (κ3) is 1.90. The Bertz CT molecular complexity index is 518. The molecule has 0 radical (unpaired) electrons. The highest BCUT2D eigenvalue weighted by molar-refractivity contribution is 9.09. The predicted molar refractivity (Wildman–Crippen MR) is 64.8 cm³/mol. The molecular formula is C11H10BrNO5. The number of halogens is 1. The van der Waals surface area contributed by atoms with Crippen LogP contribution in [0.25, 0.3) is 0 Å². The van der Waals surface area contributed by atoms with Crippen LogP contribution in [0.4, 0.5) is 4.79 Å². The van der Waals surface area contributed by atoms with Crippen molar-refractivity contribution in [3.8, 4) is 5.75 Å². The fraction of sp³-hybridized carbons (Fsp3) is 0.273. The molecule has 1 aromatic carbocycles. The molecule has 7 heteroatoms. The molecular weight excluding hydrogens is 306 g/mol. The van der Waals surface area contributed by atoms with E-state index in [9.17, 15) is 14.7 Å². The molecule has 2 atom stereocenters. The average molecular weight is 316 g/mol. The van der Waals surface area contributed by atoms with Crippen molar-refractivity contribution in [2.24, 2.45) is 0 Å². The van der Waals surface area contributed by atoms with Gasteiger partial charge in [-0.25, -0.2) is 9.59 Å². The Balaban J connectivity index is 2.54. The van der Waals surface area contributed by atoms with Gasteiger partial charge in [0.05, 0.1) is 0 Å². The summed E-state index contributed by atoms with van der Waals surface area (Å²) < 4.78 is 0. The van der Waals surface area contributed by atoms with Crippen LogP contribution in [-0.2, 0) is 11.2 Å². The summed E-state index contributed by atoms with van der Waals surface area (Å²) in [6.45, 7) is 0. The SMILES string of the molecule is O=C(O)C1Cc2cccc(O)c2C(Br)N1C(=O)O. The van der Waals surface area contributed by atoms with Crippen molar-refractivity contribution in [1.82, 2.24) is 4.90 Å². The number of hydrogen-bond donors (Lipinski definition) is 3. The summed E-state index contributed by atoms with van der Waals surface area (Å²) in [5.74, 6) is -1.26. The molecule has 0 spiro atoms. The Morgan fingerprint density at radius 1 is 1.33 bits per heavy atom. The molecule has 3 N–H and O–H groups in total. The second-order valence-corrected chi connectivity index (χ2v) is 4.80. The van der Waals surface area contributed by atoms with Gasteiger partial charge in [-0.3, -0.25) is 4.90 Å². The molecule has 96 valence electrons. The lowest BCUT2D eigenvalue weighted by atomic mass is 9.93. The number of carboxylic acids is 1. The van der Waals surface area contributed by atoms with Gasteiger partial charge in [-0.05, 0) is 11.6 Å². The number of benzene rings is 1. The van der Waals surface area contributed by atoms with E-state index in [1.165, 1.54) is 6.07 Å². The number of alkyl halides is 1. The van der Waals surface area contributed by atoms with Gasteiger partial charge in [0.2, 0.25) is 0 Å². The van der Waals surface area contributed by atoms with Crippen LogP contribution < -0.4 is 0 Å². The normalized spacial score (nSPS) is 22.4. The number of rotatable bonds is 1. The molecule has 18 heavy (non-hydrogen) atoms. The van der Waals surface area contributed by atoms with Gasteiger partial charge in [-0.1, -0.05) is 28.1 Å². The second kappa shape index (κ2) is 4.49. The van der Waals surface area contributed by atoms with Crippen LogP contribution in [0.5, 0.6) is 5.75 Å². The molecule has 0 bridgehead atoms. The molecule has 0 aliphatic carbocycles. The number of hydrogen-bond acceptors (Lipinski definition) is 3. The lowest BCUT2D eigenvalue weighted by molar-refractivity contribution is -0.143. The minimum atomic E-state index is -1.35. The van der Waals surface area contributed by atoms with Gasteiger partial charge in [-0.15, -0.1) is 0 Å². The molecule has 0 aromatic heterocycles. The first-order chi connectivity index (χ1) is 8.43. The first kappa shape index (κ1) is 12.7. The molecule has 6 nitrogen and oxygen atoms in total. The fourth-order valence-corrected chi connectivity index (χ4v) is 3.08. The number of aromatic hydroxyl groups is 1. The van der Waals surface area contributed by atoms with Crippen molar-refractivity contribution in [2.75, 3.05) is 0 Å². The lowest BCUT2D eigenvalue weighted by Gasteiger charge is -2.36. The van der Waals surface area contributed by atoms with E-state index in [0.29, 0.717) is 11.1 Å². The number of amides is 1. The van der Waals surface area contributed by atoms with Gasteiger partial charge in [0.1, 0.15) is 16.7 Å². The number of phenolic OH excluding ortho intramolecular Hbond substituents is 1. The van der Waals surface area contributed by atoms with Gasteiger partial charge in [0.25, 0.3) is 0 Å². The van der Waals surface area contributed by atoms with Gasteiger partial charge < -0.3 is 15.3 Å². The van der Waals surface area contributed by atoms with Gasteiger partial charge in [0, 0.05) is 12.0 Å². The van der Waals surface area contributed by atoms with E-state index in [1.807, 2.05) is 0 Å². The van der Waals surface area contributed by atoms with Crippen molar-refractivity contribution in [2.45, 2.75) is 17.4 Å². The van der Waals surface area contributed by atoms with Crippen molar-refractivity contribution in [3.05, 3.63) is 29.3 Å². The molecule has 2 unspecified atom stereocenters. The topological polar surface area (TPSA) is 98.1 Å². The van der Waals surface area contributed by atoms with E-state index < -0.39 is 23.1 Å². The van der Waals surface area contributed by atoms with Gasteiger partial charge in [0.15, 0.2) is 0 Å². The lowest BCUT2D eigenvalue weighted by Crippen LogP contribution is -2.49. The molecule has 0 fully saturated rings. The maximum atomic E-state index is 11.2. The van der Waals surface area contributed by atoms with Crippen molar-refractivity contribution in [3.63, 3.8) is 0 Å². The van der Waals surface area contributed by atoms with Crippen LogP contribution in [0, 0.1) is 0 Å². The largest absolute Gasteiger partial charge is 0.508 e. The van der Waals surface area contributed by atoms with Crippen molar-refractivity contribution < 1.29 is 24.9 Å². The predicted octanol–water partition coefficient (Wildman–Crippen LogP) is 1.78. The number of fused-ring (bicyclic) bond motifs is 1. The monoisotopic (exact) mass is 315 g/mol. The van der Waals surface area contributed by atoms with Crippen molar-refractivity contribution in [1.29, 1.82) is 0 Å². The highest BCUT2D eigenvalue weighted by atomic mass is 79.9. The number of phenols is 1. The van der Waals surface area contributed by atoms with Crippen LogP contribution in [-0.4, -0.2) is 38.3 Å². The van der Waals surface area contributed by atoms with Crippen LogP contribution in [0.1, 0.15) is 16.1 Å². The zero-order valence-corrected chi connectivity index (χ0v) is 10.7. The van der Waals surface area contributed by atoms with E-state index in [2.05, 4.69) is 15.9 Å². The second-order valence-electron chi connectivity index (χ2n) is 3.93. The molecule has 0 saturated carbocycles. The average Bonchev–Trinajstić information content (AvgIpc) is 2.27. The van der Waals surface area contributed by atoms with E-state index in [0.717, 1.165) is 4.90 Å². The first-order valence-electron chi connectivity index (χ1n) is 5.12. The summed E-state index contributed by atoms with van der Waals surface area (Å²) in [5, 5.41) is 27.9. The third-order valence-corrected chi connectivity index (χ3v) is 3.81. The summed E-state index contributed by atoms with van der Waals surface area (Å²) in [7, 11) is 0. The summed E-state index contributed by atoms with van der Waals surface area (Å²) in [6.07, 6.45) is -1.31. The van der Waals surface area contributed by atoms with Gasteiger partial charge in [-0.2, -0.15) is 0 Å². The summed E-state index contributed by atoms with van der Waals surface area (Å²) in [6, 6.07) is 3.55. The number of nitrogens with zero attached hydrogens (tertiary/aromatic N) is 1. The van der Waals surface area contributed by atoms with E-state index in [4.69, 9.17) is 10.2 Å². The maximum Gasteiger partial charge on any atom is 0.409 e.